The Kier molecular flexibility index (Phi) is 4.62. The minimum absolute atomic E-state index is 0.268. The van der Waals surface area contributed by atoms with Gasteiger partial charge in [-0.15, -0.1) is 0 Å². The van der Waals surface area contributed by atoms with E-state index in [2.05, 4.69) is 0 Å². The molecule has 0 aliphatic heterocycles. The van der Waals surface area contributed by atoms with Crippen molar-refractivity contribution in [2.24, 2.45) is 0 Å². The smallest absolute Gasteiger partial charge is 0.379 e. The third-order valence-corrected chi connectivity index (χ3v) is 5.90. The zero-order valence-electron chi connectivity index (χ0n) is 16.0. The monoisotopic (exact) mass is 417 g/mol. The van der Waals surface area contributed by atoms with E-state index in [9.17, 15) is 27.5 Å². The lowest BCUT2D eigenvalue weighted by Gasteiger charge is -2.46. The molecule has 1 aliphatic rings. The molecule has 2 aromatic carbocycles. The van der Waals surface area contributed by atoms with Crippen molar-refractivity contribution in [1.29, 1.82) is 0 Å². The first-order valence-electron chi connectivity index (χ1n) is 9.40. The molecule has 30 heavy (non-hydrogen) atoms. The average molecular weight is 417 g/mol. The number of aromatic nitrogens is 1. The SMILES string of the molecule is CC1(c2ccc(F)cc2)C=CC(n2ccc(=O)c3ccccc32)C(O)(C(F)(F)F)C1. The molecule has 1 N–H and O–H groups in total. The summed E-state index contributed by atoms with van der Waals surface area (Å²) in [5.74, 6) is -0.495. The first-order valence-corrected chi connectivity index (χ1v) is 9.40. The summed E-state index contributed by atoms with van der Waals surface area (Å²) < 4.78 is 57.3. The first-order chi connectivity index (χ1) is 14.1. The van der Waals surface area contributed by atoms with Crippen molar-refractivity contribution in [3.63, 3.8) is 0 Å². The van der Waals surface area contributed by atoms with Gasteiger partial charge >= 0.3 is 6.18 Å². The van der Waals surface area contributed by atoms with Gasteiger partial charge in [0.2, 0.25) is 0 Å². The number of allylic oxidation sites excluding steroid dienone is 1. The van der Waals surface area contributed by atoms with Crippen LogP contribution in [0.4, 0.5) is 17.6 Å². The van der Waals surface area contributed by atoms with Crippen molar-refractivity contribution < 1.29 is 22.7 Å². The van der Waals surface area contributed by atoms with Crippen molar-refractivity contribution in [2.75, 3.05) is 0 Å². The van der Waals surface area contributed by atoms with E-state index < -0.39 is 35.5 Å². The number of rotatable bonds is 2. The van der Waals surface area contributed by atoms with Crippen molar-refractivity contribution in [3.8, 4) is 0 Å². The summed E-state index contributed by atoms with van der Waals surface area (Å²) >= 11 is 0. The lowest BCUT2D eigenvalue weighted by Crippen LogP contribution is -2.56. The number of nitrogens with zero attached hydrogens (tertiary/aromatic N) is 1. The van der Waals surface area contributed by atoms with Crippen LogP contribution in [0.3, 0.4) is 0 Å². The highest BCUT2D eigenvalue weighted by molar-refractivity contribution is 5.79. The van der Waals surface area contributed by atoms with Crippen LogP contribution >= 0.6 is 0 Å². The van der Waals surface area contributed by atoms with Gasteiger partial charge in [0.1, 0.15) is 5.82 Å². The van der Waals surface area contributed by atoms with Gasteiger partial charge in [0.25, 0.3) is 0 Å². The highest BCUT2D eigenvalue weighted by Crippen LogP contribution is 2.51. The average Bonchev–Trinajstić information content (AvgIpc) is 2.69. The molecule has 7 heteroatoms. The predicted octanol–water partition coefficient (Wildman–Crippen LogP) is 4.89. The molecule has 3 atom stereocenters. The fraction of sp³-hybridized carbons (Fsp3) is 0.261. The maximum atomic E-state index is 14.2. The first kappa shape index (κ1) is 20.3. The molecule has 1 aromatic heterocycles. The Morgan fingerprint density at radius 2 is 1.73 bits per heavy atom. The van der Waals surface area contributed by atoms with Crippen LogP contribution in [-0.2, 0) is 5.41 Å². The second-order valence-electron chi connectivity index (χ2n) is 7.93. The molecule has 0 spiro atoms. The van der Waals surface area contributed by atoms with E-state index in [1.807, 2.05) is 0 Å². The number of hydrogen-bond donors (Lipinski definition) is 1. The Labute approximate surface area is 169 Å². The van der Waals surface area contributed by atoms with E-state index in [1.54, 1.807) is 31.2 Å². The van der Waals surface area contributed by atoms with E-state index in [1.165, 1.54) is 53.2 Å². The van der Waals surface area contributed by atoms with Gasteiger partial charge in [0, 0.05) is 29.5 Å². The number of pyridine rings is 1. The number of alkyl halides is 3. The second kappa shape index (κ2) is 6.80. The molecular formula is C23H19F4NO2. The van der Waals surface area contributed by atoms with Crippen LogP contribution in [0, 0.1) is 5.82 Å². The number of benzene rings is 2. The number of para-hydroxylation sites is 1. The standard InChI is InChI=1S/C23H19F4NO2/c1-21(15-6-8-16(24)9-7-15)12-10-20(22(30,14-21)23(25,26)27)28-13-11-19(29)17-4-2-3-5-18(17)28/h2-13,20,30H,14H2,1H3. The van der Waals surface area contributed by atoms with E-state index in [4.69, 9.17) is 0 Å². The summed E-state index contributed by atoms with van der Waals surface area (Å²) in [4.78, 5) is 12.1. The van der Waals surface area contributed by atoms with Gasteiger partial charge in [-0.3, -0.25) is 4.79 Å². The normalized spacial score (nSPS) is 26.8. The molecule has 1 aliphatic carbocycles. The lowest BCUT2D eigenvalue weighted by atomic mass is 9.67. The minimum Gasteiger partial charge on any atom is -0.379 e. The molecular weight excluding hydrogens is 398 g/mol. The fourth-order valence-electron chi connectivity index (χ4n) is 4.27. The molecule has 156 valence electrons. The minimum atomic E-state index is -4.95. The molecule has 0 saturated carbocycles. The van der Waals surface area contributed by atoms with Crippen LogP contribution in [0.15, 0.2) is 77.7 Å². The third-order valence-electron chi connectivity index (χ3n) is 5.90. The maximum absolute atomic E-state index is 14.2. The Hall–Kier alpha value is -2.93. The second-order valence-corrected chi connectivity index (χ2v) is 7.93. The third kappa shape index (κ3) is 3.13. The summed E-state index contributed by atoms with van der Waals surface area (Å²) in [6.07, 6.45) is -1.41. The van der Waals surface area contributed by atoms with Crippen LogP contribution < -0.4 is 5.43 Å². The number of hydrogen-bond acceptors (Lipinski definition) is 2. The van der Waals surface area contributed by atoms with Gasteiger partial charge in [-0.25, -0.2) is 4.39 Å². The Balaban J connectivity index is 1.92. The fourth-order valence-corrected chi connectivity index (χ4v) is 4.27. The highest BCUT2D eigenvalue weighted by Gasteiger charge is 2.62. The van der Waals surface area contributed by atoms with Crippen LogP contribution in [0.2, 0.25) is 0 Å². The van der Waals surface area contributed by atoms with Crippen molar-refractivity contribution >= 4 is 10.9 Å². The molecule has 0 bridgehead atoms. The molecule has 3 nitrogen and oxygen atoms in total. The summed E-state index contributed by atoms with van der Waals surface area (Å²) in [7, 11) is 0. The van der Waals surface area contributed by atoms with Crippen LogP contribution in [0.1, 0.15) is 24.9 Å². The van der Waals surface area contributed by atoms with Gasteiger partial charge < -0.3 is 9.67 Å². The summed E-state index contributed by atoms with van der Waals surface area (Å²) in [5, 5.41) is 11.3. The molecule has 0 radical (unpaired) electrons. The largest absolute Gasteiger partial charge is 0.419 e. The quantitative estimate of drug-likeness (QED) is 0.476. The zero-order chi connectivity index (χ0) is 21.7. The molecule has 0 amide bonds. The summed E-state index contributed by atoms with van der Waals surface area (Å²) in [5.41, 5.74) is -3.82. The number of fused-ring (bicyclic) bond motifs is 1. The van der Waals surface area contributed by atoms with Crippen LogP contribution in [-0.4, -0.2) is 21.5 Å². The maximum Gasteiger partial charge on any atom is 0.419 e. The molecule has 0 saturated heterocycles. The van der Waals surface area contributed by atoms with Crippen molar-refractivity contribution in [3.05, 3.63) is 94.6 Å². The van der Waals surface area contributed by atoms with Crippen LogP contribution in [0.25, 0.3) is 10.9 Å². The van der Waals surface area contributed by atoms with E-state index in [0.29, 0.717) is 11.1 Å². The van der Waals surface area contributed by atoms with E-state index >= 15 is 0 Å². The Morgan fingerprint density at radius 1 is 1.07 bits per heavy atom. The van der Waals surface area contributed by atoms with E-state index in [0.717, 1.165) is 0 Å². The van der Waals surface area contributed by atoms with Crippen LogP contribution in [0.5, 0.6) is 0 Å². The molecule has 3 unspecified atom stereocenters. The Morgan fingerprint density at radius 3 is 2.40 bits per heavy atom. The lowest BCUT2D eigenvalue weighted by molar-refractivity contribution is -0.278. The molecule has 0 fully saturated rings. The van der Waals surface area contributed by atoms with Crippen molar-refractivity contribution in [1.82, 2.24) is 4.57 Å². The zero-order valence-corrected chi connectivity index (χ0v) is 16.0. The topological polar surface area (TPSA) is 42.2 Å². The highest BCUT2D eigenvalue weighted by atomic mass is 19.4. The molecule has 1 heterocycles. The molecule has 3 aromatic rings. The van der Waals surface area contributed by atoms with Gasteiger partial charge in [0.05, 0.1) is 11.6 Å². The van der Waals surface area contributed by atoms with Gasteiger partial charge in [0.15, 0.2) is 11.0 Å². The summed E-state index contributed by atoms with van der Waals surface area (Å²) in [6, 6.07) is 11.3. The number of aliphatic hydroxyl groups is 1. The van der Waals surface area contributed by atoms with E-state index in [-0.39, 0.29) is 10.8 Å². The number of halogens is 4. The van der Waals surface area contributed by atoms with Gasteiger partial charge in [-0.2, -0.15) is 13.2 Å². The van der Waals surface area contributed by atoms with Gasteiger partial charge in [-0.05, 0) is 29.8 Å². The van der Waals surface area contributed by atoms with Gasteiger partial charge in [-0.1, -0.05) is 43.3 Å². The summed E-state index contributed by atoms with van der Waals surface area (Å²) in [6.45, 7) is 1.58. The molecule has 4 rings (SSSR count). The predicted molar refractivity (Wildman–Crippen MR) is 106 cm³/mol. The van der Waals surface area contributed by atoms with Crippen molar-refractivity contribution in [2.45, 2.75) is 36.6 Å². The Bertz CT molecular complexity index is 1180.